The Labute approximate surface area is 98.3 Å². The van der Waals surface area contributed by atoms with Crippen LogP contribution in [0, 0.1) is 5.92 Å². The van der Waals surface area contributed by atoms with Gasteiger partial charge in [-0.15, -0.1) is 0 Å². The van der Waals surface area contributed by atoms with Crippen molar-refractivity contribution < 1.29 is 0 Å². The Morgan fingerprint density at radius 1 is 0.938 bits per heavy atom. The average Bonchev–Trinajstić information content (AvgIpc) is 2.27. The third-order valence-corrected chi connectivity index (χ3v) is 3.40. The van der Waals surface area contributed by atoms with Gasteiger partial charge in [-0.3, -0.25) is 4.99 Å². The minimum atomic E-state index is 0.725. The van der Waals surface area contributed by atoms with Gasteiger partial charge in [-0.1, -0.05) is 0 Å². The summed E-state index contributed by atoms with van der Waals surface area (Å²) >= 11 is 0. The second-order valence-electron chi connectivity index (χ2n) is 4.67. The topological polar surface area (TPSA) is 48.5 Å². The van der Waals surface area contributed by atoms with Crippen LogP contribution in [0.1, 0.15) is 19.3 Å². The van der Waals surface area contributed by atoms with Crippen LogP contribution < -0.4 is 16.0 Å². The summed E-state index contributed by atoms with van der Waals surface area (Å²) in [5.74, 6) is 0.725. The first-order valence-corrected chi connectivity index (χ1v) is 6.62. The highest BCUT2D eigenvalue weighted by Gasteiger charge is 2.24. The van der Waals surface area contributed by atoms with Gasteiger partial charge in [0, 0.05) is 37.8 Å². The Hall–Kier alpha value is -0.450. The first-order chi connectivity index (χ1) is 7.97. The first kappa shape index (κ1) is 12.0. The number of fused-ring (bicyclic) bond motifs is 1. The molecule has 0 bridgehead atoms. The van der Waals surface area contributed by atoms with E-state index in [-0.39, 0.29) is 0 Å². The summed E-state index contributed by atoms with van der Waals surface area (Å²) in [6.07, 6.45) is 3.76. The number of aliphatic imine (C=N–C) groups is 1. The van der Waals surface area contributed by atoms with Gasteiger partial charge in [0.05, 0.1) is 6.54 Å². The Bertz CT molecular complexity index is 227. The van der Waals surface area contributed by atoms with Crippen LogP contribution in [0.3, 0.4) is 0 Å². The predicted octanol–water partition coefficient (Wildman–Crippen LogP) is 0.00990. The van der Waals surface area contributed by atoms with Crippen molar-refractivity contribution in [2.45, 2.75) is 19.3 Å². The molecule has 0 saturated heterocycles. The summed E-state index contributed by atoms with van der Waals surface area (Å²) < 4.78 is 0. The smallest absolute Gasteiger partial charge is 0.0513 e. The van der Waals surface area contributed by atoms with Gasteiger partial charge in [0.1, 0.15) is 0 Å². The summed E-state index contributed by atoms with van der Waals surface area (Å²) in [4.78, 5) is 4.68. The highest BCUT2D eigenvalue weighted by Crippen LogP contribution is 2.23. The maximum absolute atomic E-state index is 4.68. The van der Waals surface area contributed by atoms with Gasteiger partial charge in [-0.25, -0.2) is 0 Å². The number of hydrogen-bond donors (Lipinski definition) is 3. The standard InChI is InChI=1S/C12H24N4/c1-4-13-6-7-15-10-11-2-3-12(11)16-9-8-14-5-1/h11,13-15H,1-10H2. The van der Waals surface area contributed by atoms with Crippen LogP contribution in [-0.4, -0.2) is 51.5 Å². The van der Waals surface area contributed by atoms with Crippen LogP contribution in [-0.2, 0) is 0 Å². The van der Waals surface area contributed by atoms with E-state index < -0.39 is 0 Å². The highest BCUT2D eigenvalue weighted by atomic mass is 15.0. The SMILES string of the molecule is C1CNCCN=C2CCC2CNCCNC1. The number of nitrogens with zero attached hydrogens (tertiary/aromatic N) is 1. The molecule has 2 rings (SSSR count). The molecule has 0 aromatic carbocycles. The van der Waals surface area contributed by atoms with Gasteiger partial charge < -0.3 is 16.0 Å². The van der Waals surface area contributed by atoms with Crippen LogP contribution in [0.15, 0.2) is 4.99 Å². The Morgan fingerprint density at radius 3 is 2.56 bits per heavy atom. The van der Waals surface area contributed by atoms with E-state index in [4.69, 9.17) is 0 Å². The van der Waals surface area contributed by atoms with Crippen molar-refractivity contribution in [1.29, 1.82) is 0 Å². The molecule has 1 unspecified atom stereocenters. The lowest BCUT2D eigenvalue weighted by Crippen LogP contribution is -2.39. The van der Waals surface area contributed by atoms with Crippen LogP contribution in [0.5, 0.6) is 0 Å². The fourth-order valence-electron chi connectivity index (χ4n) is 2.23. The van der Waals surface area contributed by atoms with E-state index in [1.165, 1.54) is 25.0 Å². The van der Waals surface area contributed by atoms with Gasteiger partial charge in [0.25, 0.3) is 0 Å². The van der Waals surface area contributed by atoms with E-state index in [2.05, 4.69) is 20.9 Å². The molecular weight excluding hydrogens is 200 g/mol. The maximum Gasteiger partial charge on any atom is 0.0513 e. The van der Waals surface area contributed by atoms with Crippen molar-refractivity contribution in [2.75, 3.05) is 45.8 Å². The number of hydrogen-bond acceptors (Lipinski definition) is 4. The summed E-state index contributed by atoms with van der Waals surface area (Å²) in [6.45, 7) is 7.49. The molecule has 1 heterocycles. The zero-order valence-corrected chi connectivity index (χ0v) is 10.1. The lowest BCUT2D eigenvalue weighted by Gasteiger charge is -2.29. The van der Waals surface area contributed by atoms with Crippen LogP contribution in [0.25, 0.3) is 0 Å². The van der Waals surface area contributed by atoms with Gasteiger partial charge >= 0.3 is 0 Å². The molecule has 92 valence electrons. The molecule has 1 aliphatic carbocycles. The summed E-state index contributed by atoms with van der Waals surface area (Å²) in [5.41, 5.74) is 1.44. The molecule has 1 aliphatic heterocycles. The average molecular weight is 224 g/mol. The lowest BCUT2D eigenvalue weighted by atomic mass is 9.82. The molecule has 1 saturated carbocycles. The molecule has 0 aromatic heterocycles. The third kappa shape index (κ3) is 3.85. The van der Waals surface area contributed by atoms with Gasteiger partial charge in [-0.2, -0.15) is 0 Å². The molecule has 0 radical (unpaired) electrons. The minimum Gasteiger partial charge on any atom is -0.315 e. The second kappa shape index (κ2) is 6.99. The van der Waals surface area contributed by atoms with Crippen LogP contribution >= 0.6 is 0 Å². The van der Waals surface area contributed by atoms with E-state index in [1.807, 2.05) is 0 Å². The van der Waals surface area contributed by atoms with E-state index in [9.17, 15) is 0 Å². The van der Waals surface area contributed by atoms with E-state index in [0.29, 0.717) is 0 Å². The Morgan fingerprint density at radius 2 is 1.75 bits per heavy atom. The third-order valence-electron chi connectivity index (χ3n) is 3.40. The van der Waals surface area contributed by atoms with E-state index in [0.717, 1.165) is 51.7 Å². The summed E-state index contributed by atoms with van der Waals surface area (Å²) in [5, 5.41) is 10.4. The Kier molecular flexibility index (Phi) is 5.25. The molecule has 0 amide bonds. The quantitative estimate of drug-likeness (QED) is 0.543. The molecule has 1 atom stereocenters. The maximum atomic E-state index is 4.68. The highest BCUT2D eigenvalue weighted by molar-refractivity contribution is 5.92. The molecule has 0 aromatic rings. The van der Waals surface area contributed by atoms with Crippen molar-refractivity contribution in [3.05, 3.63) is 0 Å². The van der Waals surface area contributed by atoms with E-state index >= 15 is 0 Å². The molecule has 2 aliphatic rings. The Balaban J connectivity index is 1.74. The molecule has 4 heteroatoms. The lowest BCUT2D eigenvalue weighted by molar-refractivity contribution is 0.485. The zero-order chi connectivity index (χ0) is 11.1. The molecule has 1 fully saturated rings. The van der Waals surface area contributed by atoms with E-state index in [1.54, 1.807) is 0 Å². The van der Waals surface area contributed by atoms with Crippen molar-refractivity contribution in [3.8, 4) is 0 Å². The molecule has 16 heavy (non-hydrogen) atoms. The summed E-state index contributed by atoms with van der Waals surface area (Å²) in [6, 6.07) is 0. The zero-order valence-electron chi connectivity index (χ0n) is 10.1. The van der Waals surface area contributed by atoms with Gasteiger partial charge in [0.2, 0.25) is 0 Å². The fraction of sp³-hybridized carbons (Fsp3) is 0.917. The largest absolute Gasteiger partial charge is 0.315 e. The normalized spacial score (nSPS) is 29.5. The fourth-order valence-corrected chi connectivity index (χ4v) is 2.23. The molecule has 4 nitrogen and oxygen atoms in total. The van der Waals surface area contributed by atoms with Crippen LogP contribution in [0.2, 0.25) is 0 Å². The monoisotopic (exact) mass is 224 g/mol. The van der Waals surface area contributed by atoms with Gasteiger partial charge in [-0.05, 0) is 32.4 Å². The summed E-state index contributed by atoms with van der Waals surface area (Å²) in [7, 11) is 0. The minimum absolute atomic E-state index is 0.725. The predicted molar refractivity (Wildman–Crippen MR) is 68.3 cm³/mol. The van der Waals surface area contributed by atoms with Crippen molar-refractivity contribution in [1.82, 2.24) is 16.0 Å². The van der Waals surface area contributed by atoms with Crippen molar-refractivity contribution >= 4 is 5.71 Å². The molecular formula is C12H24N4. The van der Waals surface area contributed by atoms with Crippen molar-refractivity contribution in [3.63, 3.8) is 0 Å². The number of nitrogens with one attached hydrogen (secondary N) is 3. The molecule has 3 N–H and O–H groups in total. The van der Waals surface area contributed by atoms with Gasteiger partial charge in [0.15, 0.2) is 0 Å². The second-order valence-corrected chi connectivity index (χ2v) is 4.67. The van der Waals surface area contributed by atoms with Crippen LogP contribution in [0.4, 0.5) is 0 Å². The number of rotatable bonds is 0. The molecule has 0 spiro atoms. The first-order valence-electron chi connectivity index (χ1n) is 6.62. The van der Waals surface area contributed by atoms with Crippen molar-refractivity contribution in [2.24, 2.45) is 10.9 Å².